The van der Waals surface area contributed by atoms with E-state index in [-0.39, 0.29) is 0 Å². The molecule has 0 bridgehead atoms. The average Bonchev–Trinajstić information content (AvgIpc) is 2.47. The predicted octanol–water partition coefficient (Wildman–Crippen LogP) is 3.62. The van der Waals surface area contributed by atoms with E-state index in [1.807, 2.05) is 6.07 Å². The fourth-order valence-corrected chi connectivity index (χ4v) is 2.97. The molecule has 19 heavy (non-hydrogen) atoms. The van der Waals surface area contributed by atoms with Gasteiger partial charge in [0.15, 0.2) is 5.11 Å². The summed E-state index contributed by atoms with van der Waals surface area (Å²) >= 11 is 5.37. The Balaban J connectivity index is 1.67. The zero-order chi connectivity index (χ0) is 13.5. The lowest BCUT2D eigenvalue weighted by Crippen LogP contribution is -2.43. The summed E-state index contributed by atoms with van der Waals surface area (Å²) < 4.78 is 0. The highest BCUT2D eigenvalue weighted by Gasteiger charge is 2.20. The number of hydrogen-bond donors (Lipinski definition) is 2. The van der Waals surface area contributed by atoms with Gasteiger partial charge in [-0.25, -0.2) is 0 Å². The third kappa shape index (κ3) is 4.83. The molecule has 2 nitrogen and oxygen atoms in total. The smallest absolute Gasteiger partial charge is 0.166 e. The van der Waals surface area contributed by atoms with E-state index in [1.54, 1.807) is 0 Å². The van der Waals surface area contributed by atoms with Crippen molar-refractivity contribution in [2.45, 2.75) is 51.6 Å². The molecule has 0 saturated heterocycles. The van der Waals surface area contributed by atoms with Gasteiger partial charge in [0.05, 0.1) is 0 Å². The van der Waals surface area contributed by atoms with E-state index in [9.17, 15) is 0 Å². The number of nitrogens with one attached hydrogen (secondary N) is 2. The van der Waals surface area contributed by atoms with Crippen molar-refractivity contribution in [3.63, 3.8) is 0 Å². The van der Waals surface area contributed by atoms with Crippen LogP contribution < -0.4 is 10.6 Å². The zero-order valence-electron chi connectivity index (χ0n) is 11.7. The van der Waals surface area contributed by atoms with E-state index >= 15 is 0 Å². The van der Waals surface area contributed by atoms with Crippen LogP contribution in [-0.4, -0.2) is 11.2 Å². The minimum absolute atomic E-state index is 0.568. The fraction of sp³-hybridized carbons (Fsp3) is 0.562. The second-order valence-electron chi connectivity index (χ2n) is 5.44. The van der Waals surface area contributed by atoms with Crippen molar-refractivity contribution < 1.29 is 0 Å². The molecule has 0 spiro atoms. The molecular formula is C16H24N2S. The van der Waals surface area contributed by atoms with E-state index in [2.05, 4.69) is 41.8 Å². The Hall–Kier alpha value is -1.09. The second kappa shape index (κ2) is 7.49. The van der Waals surface area contributed by atoms with Crippen LogP contribution in [0.25, 0.3) is 0 Å². The molecular weight excluding hydrogens is 252 g/mol. The van der Waals surface area contributed by atoms with Crippen LogP contribution in [0, 0.1) is 5.92 Å². The topological polar surface area (TPSA) is 24.1 Å². The van der Waals surface area contributed by atoms with Crippen LogP contribution in [0.5, 0.6) is 0 Å². The molecule has 0 amide bonds. The van der Waals surface area contributed by atoms with Gasteiger partial charge < -0.3 is 10.6 Å². The first-order chi connectivity index (χ1) is 9.28. The van der Waals surface area contributed by atoms with Gasteiger partial charge in [-0.2, -0.15) is 0 Å². The highest BCUT2D eigenvalue weighted by atomic mass is 32.1. The maximum atomic E-state index is 5.37. The number of thiocarbonyl (C=S) groups is 1. The maximum absolute atomic E-state index is 5.37. The first-order valence-corrected chi connectivity index (χ1v) is 7.77. The molecule has 0 unspecified atom stereocenters. The summed E-state index contributed by atoms with van der Waals surface area (Å²) in [6.45, 7) is 3.10. The van der Waals surface area contributed by atoms with Gasteiger partial charge in [0.25, 0.3) is 0 Å². The van der Waals surface area contributed by atoms with E-state index in [4.69, 9.17) is 12.2 Å². The Morgan fingerprint density at radius 1 is 1.16 bits per heavy atom. The third-order valence-electron chi connectivity index (χ3n) is 4.06. The SMILES string of the molecule is CCC1CCC(NC(=S)NCc2ccccc2)CC1. The van der Waals surface area contributed by atoms with Crippen LogP contribution in [0.15, 0.2) is 30.3 Å². The predicted molar refractivity (Wildman–Crippen MR) is 85.1 cm³/mol. The zero-order valence-corrected chi connectivity index (χ0v) is 12.5. The molecule has 1 aromatic rings. The molecule has 0 heterocycles. The summed E-state index contributed by atoms with van der Waals surface area (Å²) in [5.74, 6) is 0.934. The average molecular weight is 276 g/mol. The molecule has 104 valence electrons. The Bertz CT molecular complexity index is 383. The molecule has 1 fully saturated rings. The van der Waals surface area contributed by atoms with Gasteiger partial charge in [-0.3, -0.25) is 0 Å². The molecule has 1 saturated carbocycles. The first kappa shape index (κ1) is 14.3. The van der Waals surface area contributed by atoms with Gasteiger partial charge in [-0.05, 0) is 49.4 Å². The van der Waals surface area contributed by atoms with Crippen molar-refractivity contribution in [2.75, 3.05) is 0 Å². The normalized spacial score (nSPS) is 22.8. The molecule has 1 aromatic carbocycles. The summed E-state index contributed by atoms with van der Waals surface area (Å²) in [6.07, 6.45) is 6.52. The Labute approximate surface area is 122 Å². The van der Waals surface area contributed by atoms with Gasteiger partial charge in [-0.1, -0.05) is 43.7 Å². The first-order valence-electron chi connectivity index (χ1n) is 7.36. The Morgan fingerprint density at radius 3 is 2.47 bits per heavy atom. The van der Waals surface area contributed by atoms with Gasteiger partial charge in [0, 0.05) is 12.6 Å². The standard InChI is InChI=1S/C16H24N2S/c1-2-13-8-10-15(11-9-13)18-16(19)17-12-14-6-4-3-5-7-14/h3-7,13,15H,2,8-12H2,1H3,(H2,17,18,19). The molecule has 1 aliphatic rings. The molecule has 0 atom stereocenters. The second-order valence-corrected chi connectivity index (χ2v) is 5.85. The van der Waals surface area contributed by atoms with Crippen LogP contribution in [0.4, 0.5) is 0 Å². The van der Waals surface area contributed by atoms with E-state index in [0.29, 0.717) is 6.04 Å². The van der Waals surface area contributed by atoms with Crippen molar-refractivity contribution in [1.82, 2.24) is 10.6 Å². The van der Waals surface area contributed by atoms with Crippen molar-refractivity contribution in [3.8, 4) is 0 Å². The number of rotatable bonds is 4. The van der Waals surface area contributed by atoms with E-state index in [0.717, 1.165) is 17.6 Å². The molecule has 0 radical (unpaired) electrons. The van der Waals surface area contributed by atoms with Crippen molar-refractivity contribution >= 4 is 17.3 Å². The summed E-state index contributed by atoms with van der Waals surface area (Å²) in [4.78, 5) is 0. The minimum atomic E-state index is 0.568. The van der Waals surface area contributed by atoms with Crippen LogP contribution >= 0.6 is 12.2 Å². The van der Waals surface area contributed by atoms with Gasteiger partial charge in [0.2, 0.25) is 0 Å². The Kier molecular flexibility index (Phi) is 5.64. The van der Waals surface area contributed by atoms with Crippen LogP contribution in [-0.2, 0) is 6.54 Å². The largest absolute Gasteiger partial charge is 0.360 e. The highest BCUT2D eigenvalue weighted by molar-refractivity contribution is 7.80. The van der Waals surface area contributed by atoms with Gasteiger partial charge >= 0.3 is 0 Å². The molecule has 3 heteroatoms. The van der Waals surface area contributed by atoms with Crippen molar-refractivity contribution in [1.29, 1.82) is 0 Å². The van der Waals surface area contributed by atoms with Gasteiger partial charge in [-0.15, -0.1) is 0 Å². The van der Waals surface area contributed by atoms with Crippen LogP contribution in [0.2, 0.25) is 0 Å². The van der Waals surface area contributed by atoms with E-state index in [1.165, 1.54) is 37.7 Å². The summed E-state index contributed by atoms with van der Waals surface area (Å²) in [7, 11) is 0. The summed E-state index contributed by atoms with van der Waals surface area (Å²) in [5, 5.41) is 7.54. The summed E-state index contributed by atoms with van der Waals surface area (Å²) in [5.41, 5.74) is 1.27. The van der Waals surface area contributed by atoms with Crippen molar-refractivity contribution in [3.05, 3.63) is 35.9 Å². The molecule has 2 N–H and O–H groups in total. The number of hydrogen-bond acceptors (Lipinski definition) is 1. The van der Waals surface area contributed by atoms with Crippen LogP contribution in [0.3, 0.4) is 0 Å². The van der Waals surface area contributed by atoms with Crippen LogP contribution in [0.1, 0.15) is 44.6 Å². The van der Waals surface area contributed by atoms with Crippen molar-refractivity contribution in [2.24, 2.45) is 5.92 Å². The maximum Gasteiger partial charge on any atom is 0.166 e. The molecule has 1 aliphatic carbocycles. The molecule has 0 aromatic heterocycles. The number of benzene rings is 1. The summed E-state index contributed by atoms with van der Waals surface area (Å²) in [6, 6.07) is 10.9. The molecule has 0 aliphatic heterocycles. The minimum Gasteiger partial charge on any atom is -0.360 e. The quantitative estimate of drug-likeness (QED) is 0.821. The van der Waals surface area contributed by atoms with Gasteiger partial charge in [0.1, 0.15) is 0 Å². The lowest BCUT2D eigenvalue weighted by molar-refractivity contribution is 0.305. The third-order valence-corrected chi connectivity index (χ3v) is 4.32. The highest BCUT2D eigenvalue weighted by Crippen LogP contribution is 2.26. The lowest BCUT2D eigenvalue weighted by Gasteiger charge is -2.29. The monoisotopic (exact) mass is 276 g/mol. The molecule has 2 rings (SSSR count). The van der Waals surface area contributed by atoms with E-state index < -0.39 is 0 Å². The lowest BCUT2D eigenvalue weighted by atomic mass is 9.85. The Morgan fingerprint density at radius 2 is 1.84 bits per heavy atom. The fourth-order valence-electron chi connectivity index (χ4n) is 2.73.